The molecular weight excluding hydrogens is 220 g/mol. The Morgan fingerprint density at radius 2 is 2.00 bits per heavy atom. The van der Waals surface area contributed by atoms with Gasteiger partial charge in [-0.3, -0.25) is 0 Å². The zero-order valence-corrected chi connectivity index (χ0v) is 9.17. The van der Waals surface area contributed by atoms with Gasteiger partial charge >= 0.3 is 11.9 Å². The maximum atomic E-state index is 11.6. The Balaban J connectivity index is 2.30. The number of ether oxygens (including phenoxy) is 2. The second kappa shape index (κ2) is 4.65. The average Bonchev–Trinajstić information content (AvgIpc) is 2.71. The fraction of sp³-hybridized carbons (Fsp3) is 0.0769. The van der Waals surface area contributed by atoms with Gasteiger partial charge in [0.1, 0.15) is 5.76 Å². The number of carbonyl (C=O) groups is 2. The molecule has 1 aromatic rings. The summed E-state index contributed by atoms with van der Waals surface area (Å²) in [4.78, 5) is 22.6. The smallest absolute Gasteiger partial charge is 0.344 e. The summed E-state index contributed by atoms with van der Waals surface area (Å²) in [5.41, 5.74) is 1.19. The van der Waals surface area contributed by atoms with E-state index in [0.29, 0.717) is 5.57 Å². The Morgan fingerprint density at radius 3 is 2.65 bits per heavy atom. The van der Waals surface area contributed by atoms with Gasteiger partial charge in [-0.25, -0.2) is 9.59 Å². The highest BCUT2D eigenvalue weighted by atomic mass is 16.5. The van der Waals surface area contributed by atoms with Gasteiger partial charge in [-0.15, -0.1) is 0 Å². The molecule has 0 unspecified atom stereocenters. The van der Waals surface area contributed by atoms with Crippen LogP contribution in [0.5, 0.6) is 0 Å². The van der Waals surface area contributed by atoms with E-state index in [1.807, 2.05) is 18.2 Å². The lowest BCUT2D eigenvalue weighted by Crippen LogP contribution is -2.00. The molecule has 0 fully saturated rings. The number of esters is 2. The number of hydrogen-bond acceptors (Lipinski definition) is 4. The Bertz CT molecular complexity index is 511. The van der Waals surface area contributed by atoms with E-state index in [4.69, 9.17) is 4.74 Å². The van der Waals surface area contributed by atoms with Gasteiger partial charge in [-0.1, -0.05) is 30.3 Å². The van der Waals surface area contributed by atoms with Crippen molar-refractivity contribution in [1.82, 2.24) is 0 Å². The molecule has 0 spiro atoms. The molecular formula is C13H10O4. The van der Waals surface area contributed by atoms with E-state index in [1.165, 1.54) is 13.2 Å². The monoisotopic (exact) mass is 230 g/mol. The third kappa shape index (κ3) is 2.42. The molecule has 1 heterocycles. The predicted octanol–water partition coefficient (Wildman–Crippen LogP) is 1.68. The van der Waals surface area contributed by atoms with Crippen molar-refractivity contribution in [2.24, 2.45) is 0 Å². The molecule has 0 N–H and O–H groups in total. The van der Waals surface area contributed by atoms with Crippen LogP contribution in [0.25, 0.3) is 5.57 Å². The maximum absolute atomic E-state index is 11.6. The van der Waals surface area contributed by atoms with Gasteiger partial charge in [0, 0.05) is 0 Å². The first-order chi connectivity index (χ1) is 8.20. The lowest BCUT2D eigenvalue weighted by Gasteiger charge is -1.97. The fourth-order valence-corrected chi connectivity index (χ4v) is 1.46. The number of carbonyl (C=O) groups excluding carboxylic acids is 2. The molecule has 2 rings (SSSR count). The molecule has 0 saturated heterocycles. The molecule has 0 saturated carbocycles. The summed E-state index contributed by atoms with van der Waals surface area (Å²) < 4.78 is 9.38. The van der Waals surface area contributed by atoms with Gasteiger partial charge in [-0.05, 0) is 11.6 Å². The summed E-state index contributed by atoms with van der Waals surface area (Å²) in [5, 5.41) is 0. The minimum absolute atomic E-state index is 0.195. The maximum Gasteiger partial charge on any atom is 0.344 e. The van der Waals surface area contributed by atoms with Crippen molar-refractivity contribution in [2.75, 3.05) is 7.11 Å². The molecule has 1 aromatic carbocycles. The van der Waals surface area contributed by atoms with Crippen LogP contribution in [0.1, 0.15) is 5.56 Å². The van der Waals surface area contributed by atoms with E-state index >= 15 is 0 Å². The van der Waals surface area contributed by atoms with E-state index < -0.39 is 11.9 Å². The first-order valence-electron chi connectivity index (χ1n) is 4.99. The lowest BCUT2D eigenvalue weighted by molar-refractivity contribution is -0.135. The Hall–Kier alpha value is -2.36. The first kappa shape index (κ1) is 11.1. The third-order valence-corrected chi connectivity index (χ3v) is 2.26. The van der Waals surface area contributed by atoms with Crippen LogP contribution in [0.2, 0.25) is 0 Å². The van der Waals surface area contributed by atoms with Crippen LogP contribution in [0, 0.1) is 0 Å². The molecule has 0 aliphatic carbocycles. The minimum Gasteiger partial charge on any atom is -0.466 e. The second-order valence-corrected chi connectivity index (χ2v) is 3.38. The molecule has 0 amide bonds. The summed E-state index contributed by atoms with van der Waals surface area (Å²) in [6.07, 6.45) is 2.66. The SMILES string of the molecule is COC(=O)/C=C1\C=C(c2ccccc2)C(=O)O1. The number of benzene rings is 1. The molecule has 4 heteroatoms. The van der Waals surface area contributed by atoms with Gasteiger partial charge in [0.05, 0.1) is 18.8 Å². The lowest BCUT2D eigenvalue weighted by atomic mass is 10.1. The normalized spacial score (nSPS) is 16.6. The van der Waals surface area contributed by atoms with Gasteiger partial charge < -0.3 is 9.47 Å². The Kier molecular flexibility index (Phi) is 3.05. The molecule has 0 radical (unpaired) electrons. The van der Waals surface area contributed by atoms with Crippen LogP contribution in [0.15, 0.2) is 48.2 Å². The van der Waals surface area contributed by atoms with Gasteiger partial charge in [0.25, 0.3) is 0 Å². The van der Waals surface area contributed by atoms with Crippen LogP contribution >= 0.6 is 0 Å². The predicted molar refractivity (Wildman–Crippen MR) is 60.6 cm³/mol. The van der Waals surface area contributed by atoms with Crippen molar-refractivity contribution in [3.8, 4) is 0 Å². The van der Waals surface area contributed by atoms with Crippen molar-refractivity contribution >= 4 is 17.5 Å². The zero-order chi connectivity index (χ0) is 12.3. The Labute approximate surface area is 98.2 Å². The van der Waals surface area contributed by atoms with Crippen molar-refractivity contribution in [1.29, 1.82) is 0 Å². The van der Waals surface area contributed by atoms with Crippen molar-refractivity contribution in [3.63, 3.8) is 0 Å². The summed E-state index contributed by atoms with van der Waals surface area (Å²) >= 11 is 0. The van der Waals surface area contributed by atoms with Crippen molar-refractivity contribution in [3.05, 3.63) is 53.8 Å². The van der Waals surface area contributed by atoms with E-state index in [-0.39, 0.29) is 5.76 Å². The molecule has 86 valence electrons. The highest BCUT2D eigenvalue weighted by Crippen LogP contribution is 2.25. The number of allylic oxidation sites excluding steroid dienone is 1. The fourth-order valence-electron chi connectivity index (χ4n) is 1.46. The van der Waals surface area contributed by atoms with E-state index in [1.54, 1.807) is 12.1 Å². The van der Waals surface area contributed by atoms with E-state index in [9.17, 15) is 9.59 Å². The summed E-state index contributed by atoms with van der Waals surface area (Å²) in [7, 11) is 1.26. The quantitative estimate of drug-likeness (QED) is 0.573. The van der Waals surface area contributed by atoms with Crippen LogP contribution in [-0.2, 0) is 19.1 Å². The van der Waals surface area contributed by atoms with Gasteiger partial charge in [0.2, 0.25) is 0 Å². The standard InChI is InChI=1S/C13H10O4/c1-16-12(14)8-10-7-11(13(15)17-10)9-5-3-2-4-6-9/h2-8H,1H3/b10-8+. The highest BCUT2D eigenvalue weighted by molar-refractivity contribution is 6.19. The minimum atomic E-state index is -0.557. The Morgan fingerprint density at radius 1 is 1.29 bits per heavy atom. The van der Waals surface area contributed by atoms with Crippen molar-refractivity contribution in [2.45, 2.75) is 0 Å². The topological polar surface area (TPSA) is 52.6 Å². The van der Waals surface area contributed by atoms with Crippen LogP contribution in [0.4, 0.5) is 0 Å². The number of hydrogen-bond donors (Lipinski definition) is 0. The molecule has 4 nitrogen and oxygen atoms in total. The van der Waals surface area contributed by atoms with Gasteiger partial charge in [-0.2, -0.15) is 0 Å². The molecule has 0 aromatic heterocycles. The summed E-state index contributed by atoms with van der Waals surface area (Å²) in [6.45, 7) is 0. The largest absolute Gasteiger partial charge is 0.466 e. The molecule has 1 aliphatic rings. The molecule has 17 heavy (non-hydrogen) atoms. The molecule has 1 aliphatic heterocycles. The number of methoxy groups -OCH3 is 1. The summed E-state index contributed by atoms with van der Waals surface area (Å²) in [5.74, 6) is -0.828. The van der Waals surface area contributed by atoms with E-state index in [2.05, 4.69) is 4.74 Å². The number of rotatable bonds is 2. The first-order valence-corrected chi connectivity index (χ1v) is 4.99. The van der Waals surface area contributed by atoms with Gasteiger partial charge in [0.15, 0.2) is 0 Å². The van der Waals surface area contributed by atoms with Crippen molar-refractivity contribution < 1.29 is 19.1 Å². The third-order valence-electron chi connectivity index (χ3n) is 2.26. The molecule has 0 bridgehead atoms. The molecule has 0 atom stereocenters. The average molecular weight is 230 g/mol. The zero-order valence-electron chi connectivity index (χ0n) is 9.17. The van der Waals surface area contributed by atoms with E-state index in [0.717, 1.165) is 11.6 Å². The van der Waals surface area contributed by atoms with Crippen LogP contribution in [0.3, 0.4) is 0 Å². The second-order valence-electron chi connectivity index (χ2n) is 3.38. The summed E-state index contributed by atoms with van der Waals surface area (Å²) in [6, 6.07) is 9.11. The number of cyclic esters (lactones) is 1. The highest BCUT2D eigenvalue weighted by Gasteiger charge is 2.23. The van der Waals surface area contributed by atoms with Crippen LogP contribution in [-0.4, -0.2) is 19.0 Å². The van der Waals surface area contributed by atoms with Crippen LogP contribution < -0.4 is 0 Å².